The minimum absolute atomic E-state index is 0.0629. The van der Waals surface area contributed by atoms with Crippen LogP contribution in [0.3, 0.4) is 0 Å². The quantitative estimate of drug-likeness (QED) is 0.797. The molecule has 0 atom stereocenters. The van der Waals surface area contributed by atoms with Crippen LogP contribution in [0.25, 0.3) is 0 Å². The van der Waals surface area contributed by atoms with E-state index in [0.717, 1.165) is 0 Å². The predicted molar refractivity (Wildman–Crippen MR) is 80.3 cm³/mol. The summed E-state index contributed by atoms with van der Waals surface area (Å²) in [6.45, 7) is 3.41. The highest BCUT2D eigenvalue weighted by atomic mass is 79.9. The van der Waals surface area contributed by atoms with Gasteiger partial charge in [0.25, 0.3) is 10.0 Å². The highest BCUT2D eigenvalue weighted by Gasteiger charge is 2.23. The van der Waals surface area contributed by atoms with Gasteiger partial charge in [0.2, 0.25) is 5.88 Å². The zero-order chi connectivity index (χ0) is 15.1. The van der Waals surface area contributed by atoms with Crippen LogP contribution in [0.15, 0.2) is 26.0 Å². The van der Waals surface area contributed by atoms with Gasteiger partial charge >= 0.3 is 0 Å². The minimum Gasteiger partial charge on any atom is -0.398 e. The van der Waals surface area contributed by atoms with Crippen LogP contribution in [0.2, 0.25) is 5.02 Å². The molecule has 2 aromatic rings. The maximum atomic E-state index is 12.3. The fraction of sp³-hybridized carbons (Fsp3) is 0.182. The number of anilines is 2. The van der Waals surface area contributed by atoms with Crippen LogP contribution >= 0.6 is 27.5 Å². The van der Waals surface area contributed by atoms with Crippen LogP contribution < -0.4 is 10.5 Å². The van der Waals surface area contributed by atoms with Crippen molar-refractivity contribution in [2.45, 2.75) is 18.7 Å². The van der Waals surface area contributed by atoms with E-state index in [1.54, 1.807) is 13.8 Å². The average molecular weight is 381 g/mol. The summed E-state index contributed by atoms with van der Waals surface area (Å²) in [6, 6.07) is 2.75. The molecule has 9 heteroatoms. The summed E-state index contributed by atoms with van der Waals surface area (Å²) < 4.78 is 32.2. The van der Waals surface area contributed by atoms with Gasteiger partial charge in [-0.15, -0.1) is 0 Å². The molecule has 0 spiro atoms. The maximum Gasteiger partial charge on any atom is 0.265 e. The standard InChI is InChI=1S/C11H11BrClN3O3S/c1-5-6(2)15-19-11(5)16-20(17,18)9-4-7(13)3-8(14)10(9)12/h3-4,16H,14H2,1-2H3. The third kappa shape index (κ3) is 2.77. The number of sulfonamides is 1. The van der Waals surface area contributed by atoms with Gasteiger partial charge in [-0.3, -0.25) is 0 Å². The maximum absolute atomic E-state index is 12.3. The van der Waals surface area contributed by atoms with E-state index in [9.17, 15) is 8.42 Å². The Morgan fingerprint density at radius 1 is 1.40 bits per heavy atom. The van der Waals surface area contributed by atoms with E-state index in [-0.39, 0.29) is 26.0 Å². The second kappa shape index (κ2) is 5.27. The molecule has 1 aromatic carbocycles. The molecule has 0 radical (unpaired) electrons. The van der Waals surface area contributed by atoms with Crippen LogP contribution in [0.5, 0.6) is 0 Å². The van der Waals surface area contributed by atoms with E-state index < -0.39 is 10.0 Å². The van der Waals surface area contributed by atoms with Crippen molar-refractivity contribution in [3.63, 3.8) is 0 Å². The summed E-state index contributed by atoms with van der Waals surface area (Å²) in [7, 11) is -3.89. The fourth-order valence-corrected chi connectivity index (χ4v) is 3.81. The Balaban J connectivity index is 2.49. The Bertz CT molecular complexity index is 773. The normalized spacial score (nSPS) is 11.6. The predicted octanol–water partition coefficient (Wildman–Crippen LogP) is 3.09. The van der Waals surface area contributed by atoms with E-state index in [0.29, 0.717) is 11.3 Å². The Labute approximate surface area is 129 Å². The lowest BCUT2D eigenvalue weighted by molar-refractivity contribution is 0.430. The number of halogens is 2. The van der Waals surface area contributed by atoms with Gasteiger partial charge in [0.15, 0.2) is 0 Å². The third-order valence-corrected chi connectivity index (χ3v) is 5.43. The van der Waals surface area contributed by atoms with Crippen LogP contribution in [-0.4, -0.2) is 13.6 Å². The number of nitrogen functional groups attached to an aromatic ring is 1. The molecule has 1 aromatic heterocycles. The highest BCUT2D eigenvalue weighted by molar-refractivity contribution is 9.10. The Morgan fingerprint density at radius 2 is 2.05 bits per heavy atom. The molecule has 108 valence electrons. The van der Waals surface area contributed by atoms with Crippen molar-refractivity contribution in [2.75, 3.05) is 10.5 Å². The monoisotopic (exact) mass is 379 g/mol. The molecule has 6 nitrogen and oxygen atoms in total. The van der Waals surface area contributed by atoms with Gasteiger partial charge in [0.1, 0.15) is 4.90 Å². The Hall–Kier alpha value is -1.25. The summed E-state index contributed by atoms with van der Waals surface area (Å²) in [5.74, 6) is 0.0629. The Kier molecular flexibility index (Phi) is 3.99. The van der Waals surface area contributed by atoms with Crippen molar-refractivity contribution in [2.24, 2.45) is 0 Å². The van der Waals surface area contributed by atoms with Crippen LogP contribution in [-0.2, 0) is 10.0 Å². The van der Waals surface area contributed by atoms with Crippen LogP contribution in [0.1, 0.15) is 11.3 Å². The SMILES string of the molecule is Cc1noc(NS(=O)(=O)c2cc(Cl)cc(N)c2Br)c1C. The number of aromatic nitrogens is 1. The lowest BCUT2D eigenvalue weighted by Gasteiger charge is -2.10. The smallest absolute Gasteiger partial charge is 0.265 e. The number of nitrogens with zero attached hydrogens (tertiary/aromatic N) is 1. The molecule has 0 saturated carbocycles. The van der Waals surface area contributed by atoms with Gasteiger partial charge in [0.05, 0.1) is 10.2 Å². The lowest BCUT2D eigenvalue weighted by atomic mass is 10.3. The van der Waals surface area contributed by atoms with Crippen molar-refractivity contribution >= 4 is 49.1 Å². The average Bonchev–Trinajstić information content (AvgIpc) is 2.65. The zero-order valence-electron chi connectivity index (χ0n) is 10.6. The molecule has 0 aliphatic heterocycles. The minimum atomic E-state index is -3.89. The van der Waals surface area contributed by atoms with Gasteiger partial charge in [-0.25, -0.2) is 13.1 Å². The molecule has 0 unspecified atom stereocenters. The first-order valence-electron chi connectivity index (χ1n) is 5.42. The number of benzene rings is 1. The van der Waals surface area contributed by atoms with E-state index in [1.807, 2.05) is 0 Å². The van der Waals surface area contributed by atoms with Crippen molar-refractivity contribution in [1.29, 1.82) is 0 Å². The van der Waals surface area contributed by atoms with E-state index in [4.69, 9.17) is 21.9 Å². The zero-order valence-corrected chi connectivity index (χ0v) is 13.7. The van der Waals surface area contributed by atoms with Crippen molar-refractivity contribution in [1.82, 2.24) is 5.16 Å². The van der Waals surface area contributed by atoms with Gasteiger partial charge in [-0.2, -0.15) is 0 Å². The first kappa shape index (κ1) is 15.1. The molecular formula is C11H11BrClN3O3S. The van der Waals surface area contributed by atoms with Crippen molar-refractivity contribution in [3.8, 4) is 0 Å². The Morgan fingerprint density at radius 3 is 2.60 bits per heavy atom. The summed E-state index contributed by atoms with van der Waals surface area (Å²) >= 11 is 8.98. The van der Waals surface area contributed by atoms with Gasteiger partial charge in [-0.1, -0.05) is 16.8 Å². The van der Waals surface area contributed by atoms with Crippen molar-refractivity contribution in [3.05, 3.63) is 32.9 Å². The first-order valence-corrected chi connectivity index (χ1v) is 8.08. The number of rotatable bonds is 3. The summed E-state index contributed by atoms with van der Waals surface area (Å²) in [5.41, 5.74) is 7.13. The van der Waals surface area contributed by atoms with Gasteiger partial charge in [-0.05, 0) is 41.9 Å². The molecular weight excluding hydrogens is 370 g/mol. The van der Waals surface area contributed by atoms with Gasteiger partial charge < -0.3 is 10.3 Å². The molecule has 0 amide bonds. The molecule has 0 fully saturated rings. The van der Waals surface area contributed by atoms with E-state index >= 15 is 0 Å². The second-order valence-electron chi connectivity index (χ2n) is 4.13. The summed E-state index contributed by atoms with van der Waals surface area (Å²) in [4.78, 5) is -0.0732. The number of nitrogens with one attached hydrogen (secondary N) is 1. The molecule has 0 bridgehead atoms. The fourth-order valence-electron chi connectivity index (χ4n) is 1.47. The van der Waals surface area contributed by atoms with Crippen LogP contribution in [0, 0.1) is 13.8 Å². The second-order valence-corrected chi connectivity index (χ2v) is 7.02. The molecule has 0 aliphatic rings. The van der Waals surface area contributed by atoms with Gasteiger partial charge in [0, 0.05) is 16.3 Å². The number of hydrogen-bond donors (Lipinski definition) is 2. The van der Waals surface area contributed by atoms with E-state index in [2.05, 4.69) is 25.8 Å². The van der Waals surface area contributed by atoms with Crippen molar-refractivity contribution < 1.29 is 12.9 Å². The van der Waals surface area contributed by atoms with E-state index in [1.165, 1.54) is 12.1 Å². The molecule has 0 saturated heterocycles. The largest absolute Gasteiger partial charge is 0.398 e. The summed E-state index contributed by atoms with van der Waals surface area (Å²) in [6.07, 6.45) is 0. The highest BCUT2D eigenvalue weighted by Crippen LogP contribution is 2.33. The third-order valence-electron chi connectivity index (χ3n) is 2.71. The molecule has 2 rings (SSSR count). The first-order chi connectivity index (χ1) is 9.22. The molecule has 20 heavy (non-hydrogen) atoms. The van der Waals surface area contributed by atoms with Crippen LogP contribution in [0.4, 0.5) is 11.6 Å². The number of aryl methyl sites for hydroxylation is 1. The summed E-state index contributed by atoms with van der Waals surface area (Å²) in [5, 5.41) is 3.91. The molecule has 0 aliphatic carbocycles. The molecule has 3 N–H and O–H groups in total. The molecule has 1 heterocycles. The number of hydrogen-bond acceptors (Lipinski definition) is 5. The topological polar surface area (TPSA) is 98.2 Å². The number of nitrogens with two attached hydrogens (primary N) is 1. The lowest BCUT2D eigenvalue weighted by Crippen LogP contribution is -2.14.